The highest BCUT2D eigenvalue weighted by molar-refractivity contribution is 6.24. The highest BCUT2D eigenvalue weighted by Crippen LogP contribution is 2.00. The Morgan fingerprint density at radius 1 is 1.29 bits per heavy atom. The van der Waals surface area contributed by atoms with Crippen LogP contribution >= 0.6 is 0 Å². The highest BCUT2D eigenvalue weighted by Gasteiger charge is 2.12. The molecule has 0 atom stereocenters. The van der Waals surface area contributed by atoms with Gasteiger partial charge >= 0.3 is 18.2 Å². The molecular formula is C9H6N2O3. The zero-order valence-electron chi connectivity index (χ0n) is 7.08. The maximum atomic E-state index is 11.1. The Kier molecular flexibility index (Phi) is 3.29. The van der Waals surface area contributed by atoms with Crippen molar-refractivity contribution in [2.24, 2.45) is 0 Å². The van der Waals surface area contributed by atoms with E-state index in [2.05, 4.69) is 9.53 Å². The summed E-state index contributed by atoms with van der Waals surface area (Å²) in [5.41, 5.74) is 8.23. The molecule has 0 saturated heterocycles. The Labute approximate surface area is 79.5 Å². The standard InChI is InChI=1S/C9H6N2O3/c10-11-6-8(12)14-9(13)7-4-2-1-3-5-7/h1-6H. The number of esters is 2. The molecule has 14 heavy (non-hydrogen) atoms. The summed E-state index contributed by atoms with van der Waals surface area (Å²) >= 11 is 0. The van der Waals surface area contributed by atoms with Gasteiger partial charge in [-0.05, 0) is 12.1 Å². The van der Waals surface area contributed by atoms with Gasteiger partial charge in [-0.25, -0.2) is 9.59 Å². The van der Waals surface area contributed by atoms with Crippen molar-refractivity contribution in [3.63, 3.8) is 0 Å². The fraction of sp³-hybridized carbons (Fsp3) is 0. The molecule has 0 aliphatic heterocycles. The molecule has 0 heterocycles. The van der Waals surface area contributed by atoms with E-state index in [0.29, 0.717) is 6.21 Å². The van der Waals surface area contributed by atoms with Gasteiger partial charge in [0.25, 0.3) is 0 Å². The summed E-state index contributed by atoms with van der Waals surface area (Å²) in [6, 6.07) is 8.02. The topological polar surface area (TPSA) is 79.8 Å². The van der Waals surface area contributed by atoms with Crippen molar-refractivity contribution in [2.75, 3.05) is 0 Å². The van der Waals surface area contributed by atoms with Crippen molar-refractivity contribution in [2.45, 2.75) is 0 Å². The summed E-state index contributed by atoms with van der Waals surface area (Å²) in [7, 11) is 0. The molecule has 0 unspecified atom stereocenters. The Bertz CT molecular complexity index is 394. The summed E-state index contributed by atoms with van der Waals surface area (Å²) in [5, 5.41) is 0. The van der Waals surface area contributed by atoms with Crippen LogP contribution in [0.1, 0.15) is 10.4 Å². The number of hydrogen-bond acceptors (Lipinski definition) is 3. The smallest absolute Gasteiger partial charge is 0.381 e. The molecule has 0 spiro atoms. The third-order valence-electron chi connectivity index (χ3n) is 1.37. The van der Waals surface area contributed by atoms with Gasteiger partial charge < -0.3 is 10.3 Å². The van der Waals surface area contributed by atoms with Gasteiger partial charge in [0, 0.05) is 0 Å². The van der Waals surface area contributed by atoms with Crippen LogP contribution in [0.2, 0.25) is 0 Å². The van der Waals surface area contributed by atoms with Gasteiger partial charge in [0.1, 0.15) is 0 Å². The normalized spacial score (nSPS) is 8.57. The van der Waals surface area contributed by atoms with Crippen LogP contribution in [-0.4, -0.2) is 22.9 Å². The second-order valence-corrected chi connectivity index (χ2v) is 2.32. The van der Waals surface area contributed by atoms with Crippen LogP contribution in [0.4, 0.5) is 0 Å². The van der Waals surface area contributed by atoms with Crippen LogP contribution in [0.25, 0.3) is 5.53 Å². The van der Waals surface area contributed by atoms with E-state index in [4.69, 9.17) is 5.53 Å². The summed E-state index contributed by atoms with van der Waals surface area (Å²) in [4.78, 5) is 24.2. The Morgan fingerprint density at radius 2 is 1.93 bits per heavy atom. The van der Waals surface area contributed by atoms with Crippen LogP contribution in [0.5, 0.6) is 0 Å². The maximum absolute atomic E-state index is 11.1. The van der Waals surface area contributed by atoms with Crippen molar-refractivity contribution >= 4 is 18.2 Å². The van der Waals surface area contributed by atoms with E-state index in [-0.39, 0.29) is 5.56 Å². The molecule has 0 aliphatic rings. The summed E-state index contributed by atoms with van der Waals surface area (Å²) < 4.78 is 4.29. The summed E-state index contributed by atoms with van der Waals surface area (Å²) in [6.07, 6.45) is 0.501. The first kappa shape index (κ1) is 9.83. The van der Waals surface area contributed by atoms with Gasteiger partial charge in [-0.1, -0.05) is 18.2 Å². The second-order valence-electron chi connectivity index (χ2n) is 2.32. The van der Waals surface area contributed by atoms with Crippen LogP contribution < -0.4 is 0 Å². The fourth-order valence-electron chi connectivity index (χ4n) is 0.798. The van der Waals surface area contributed by atoms with Gasteiger partial charge in [0.05, 0.1) is 5.56 Å². The number of carbonyl (C=O) groups excluding carboxylic acids is 2. The van der Waals surface area contributed by atoms with E-state index in [9.17, 15) is 9.59 Å². The molecule has 5 nitrogen and oxygen atoms in total. The van der Waals surface area contributed by atoms with Crippen LogP contribution in [0.3, 0.4) is 0 Å². The lowest BCUT2D eigenvalue weighted by atomic mass is 10.2. The third-order valence-corrected chi connectivity index (χ3v) is 1.37. The highest BCUT2D eigenvalue weighted by atomic mass is 16.6. The lowest BCUT2D eigenvalue weighted by molar-refractivity contribution is -0.133. The van der Waals surface area contributed by atoms with E-state index in [0.717, 1.165) is 0 Å². The molecule has 0 fully saturated rings. The molecule has 5 heteroatoms. The molecule has 0 aliphatic carbocycles. The quantitative estimate of drug-likeness (QED) is 0.226. The van der Waals surface area contributed by atoms with E-state index < -0.39 is 11.9 Å². The van der Waals surface area contributed by atoms with Crippen molar-refractivity contribution in [1.29, 1.82) is 0 Å². The van der Waals surface area contributed by atoms with Gasteiger partial charge in [0.15, 0.2) is 0 Å². The monoisotopic (exact) mass is 190 g/mol. The predicted octanol–water partition coefficient (Wildman–Crippen LogP) is 0.671. The number of rotatable bonds is 2. The number of hydrogen-bond donors (Lipinski definition) is 0. The fourth-order valence-corrected chi connectivity index (χ4v) is 0.798. The molecule has 1 aromatic rings. The minimum absolute atomic E-state index is 0.257. The number of benzene rings is 1. The summed E-state index contributed by atoms with van der Waals surface area (Å²) in [6.45, 7) is 0. The first-order valence-electron chi connectivity index (χ1n) is 3.72. The SMILES string of the molecule is [N-]=[N+]=CC(=O)OC(=O)c1ccccc1. The number of ether oxygens (including phenoxy) is 1. The maximum Gasteiger partial charge on any atom is 0.421 e. The van der Waals surface area contributed by atoms with Crippen LogP contribution in [0.15, 0.2) is 30.3 Å². The molecule has 0 bridgehead atoms. The zero-order valence-corrected chi connectivity index (χ0v) is 7.08. The van der Waals surface area contributed by atoms with E-state index >= 15 is 0 Å². The Morgan fingerprint density at radius 3 is 2.50 bits per heavy atom. The average molecular weight is 190 g/mol. The molecular weight excluding hydrogens is 184 g/mol. The van der Waals surface area contributed by atoms with E-state index in [1.807, 2.05) is 0 Å². The predicted molar refractivity (Wildman–Crippen MR) is 46.5 cm³/mol. The third kappa shape index (κ3) is 2.66. The molecule has 1 rings (SSSR count). The molecule has 0 N–H and O–H groups in total. The molecule has 0 radical (unpaired) electrons. The first-order chi connectivity index (χ1) is 6.74. The first-order valence-corrected chi connectivity index (χ1v) is 3.72. The van der Waals surface area contributed by atoms with Crippen LogP contribution in [-0.2, 0) is 9.53 Å². The van der Waals surface area contributed by atoms with Crippen molar-refractivity contribution in [3.05, 3.63) is 41.4 Å². The molecule has 70 valence electrons. The average Bonchev–Trinajstić information content (AvgIpc) is 2.19. The van der Waals surface area contributed by atoms with E-state index in [1.165, 1.54) is 12.1 Å². The van der Waals surface area contributed by atoms with E-state index in [1.54, 1.807) is 18.2 Å². The van der Waals surface area contributed by atoms with Gasteiger partial charge in [-0.15, -0.1) is 0 Å². The minimum Gasteiger partial charge on any atom is -0.381 e. The lowest BCUT2D eigenvalue weighted by Crippen LogP contribution is -2.13. The largest absolute Gasteiger partial charge is 0.421 e. The number of carbonyl (C=O) groups is 2. The Balaban J connectivity index is 2.69. The van der Waals surface area contributed by atoms with Crippen LogP contribution in [0, 0.1) is 0 Å². The molecule has 0 aromatic heterocycles. The van der Waals surface area contributed by atoms with Crippen molar-refractivity contribution in [1.82, 2.24) is 0 Å². The Hall–Kier alpha value is -2.26. The second kappa shape index (κ2) is 4.69. The summed E-state index contributed by atoms with van der Waals surface area (Å²) in [5.74, 6) is -1.79. The van der Waals surface area contributed by atoms with Crippen molar-refractivity contribution in [3.8, 4) is 0 Å². The van der Waals surface area contributed by atoms with Crippen molar-refractivity contribution < 1.29 is 19.1 Å². The van der Waals surface area contributed by atoms with Gasteiger partial charge in [-0.3, -0.25) is 0 Å². The zero-order chi connectivity index (χ0) is 10.4. The molecule has 0 amide bonds. The molecule has 0 saturated carbocycles. The molecule has 1 aromatic carbocycles. The minimum atomic E-state index is -1.01. The van der Waals surface area contributed by atoms with Gasteiger partial charge in [-0.2, -0.15) is 4.79 Å². The number of nitrogens with zero attached hydrogens (tertiary/aromatic N) is 2. The van der Waals surface area contributed by atoms with Gasteiger partial charge in [0.2, 0.25) is 0 Å². The lowest BCUT2D eigenvalue weighted by Gasteiger charge is -1.96.